The molecule has 1 N–H and O–H groups in total. The Balaban J connectivity index is 2.55. The van der Waals surface area contributed by atoms with Crippen LogP contribution < -0.4 is 5.32 Å². The number of carbonyl (C=O) groups excluding carboxylic acids is 2. The normalized spacial score (nSPS) is 17.8. The SMILES string of the molecule is CCN(CC)C(=O)C(C)NC(=O)C1(C#N)CC1. The van der Waals surface area contributed by atoms with Gasteiger partial charge in [-0.2, -0.15) is 5.26 Å². The Morgan fingerprint density at radius 1 is 1.41 bits per heavy atom. The van der Waals surface area contributed by atoms with Crippen molar-refractivity contribution < 1.29 is 9.59 Å². The molecule has 1 rings (SSSR count). The third-order valence-corrected chi connectivity index (χ3v) is 3.19. The van der Waals surface area contributed by atoms with Crippen LogP contribution in [0.15, 0.2) is 0 Å². The molecule has 0 aromatic rings. The molecule has 0 saturated heterocycles. The summed E-state index contributed by atoms with van der Waals surface area (Å²) in [5.74, 6) is -0.412. The Bertz CT molecular complexity index is 351. The Hall–Kier alpha value is -1.57. The monoisotopic (exact) mass is 237 g/mol. The lowest BCUT2D eigenvalue weighted by Gasteiger charge is -2.24. The van der Waals surface area contributed by atoms with Gasteiger partial charge in [-0.3, -0.25) is 9.59 Å². The fourth-order valence-electron chi connectivity index (χ4n) is 1.72. The van der Waals surface area contributed by atoms with E-state index in [1.807, 2.05) is 19.9 Å². The highest BCUT2D eigenvalue weighted by Gasteiger charge is 2.51. The van der Waals surface area contributed by atoms with Crippen molar-refractivity contribution in [1.29, 1.82) is 5.26 Å². The Morgan fingerprint density at radius 3 is 2.29 bits per heavy atom. The predicted octanol–water partition coefficient (Wildman–Crippen LogP) is 0.663. The minimum Gasteiger partial charge on any atom is -0.343 e. The van der Waals surface area contributed by atoms with Crippen LogP contribution in [-0.4, -0.2) is 35.8 Å². The summed E-state index contributed by atoms with van der Waals surface area (Å²) in [5.41, 5.74) is -0.863. The number of rotatable bonds is 5. The van der Waals surface area contributed by atoms with Crippen molar-refractivity contribution in [1.82, 2.24) is 10.2 Å². The average Bonchev–Trinajstić information content (AvgIpc) is 3.11. The van der Waals surface area contributed by atoms with E-state index in [-0.39, 0.29) is 11.8 Å². The molecule has 17 heavy (non-hydrogen) atoms. The van der Waals surface area contributed by atoms with E-state index in [1.54, 1.807) is 11.8 Å². The first-order valence-electron chi connectivity index (χ1n) is 6.01. The largest absolute Gasteiger partial charge is 0.343 e. The summed E-state index contributed by atoms with van der Waals surface area (Å²) < 4.78 is 0. The summed E-state index contributed by atoms with van der Waals surface area (Å²) in [6.45, 7) is 6.70. The molecular weight excluding hydrogens is 218 g/mol. The molecule has 0 aromatic carbocycles. The lowest BCUT2D eigenvalue weighted by atomic mass is 10.1. The van der Waals surface area contributed by atoms with E-state index in [0.717, 1.165) is 0 Å². The Morgan fingerprint density at radius 2 is 1.94 bits per heavy atom. The molecule has 1 atom stereocenters. The number of nitrogens with zero attached hydrogens (tertiary/aromatic N) is 2. The number of nitrogens with one attached hydrogen (secondary N) is 1. The summed E-state index contributed by atoms with van der Waals surface area (Å²) in [4.78, 5) is 25.3. The third kappa shape index (κ3) is 2.76. The van der Waals surface area contributed by atoms with Crippen LogP contribution in [0.2, 0.25) is 0 Å². The van der Waals surface area contributed by atoms with Crippen molar-refractivity contribution in [2.75, 3.05) is 13.1 Å². The van der Waals surface area contributed by atoms with Crippen LogP contribution in [-0.2, 0) is 9.59 Å². The minimum absolute atomic E-state index is 0.0999. The van der Waals surface area contributed by atoms with Gasteiger partial charge in [-0.15, -0.1) is 0 Å². The molecule has 0 heterocycles. The zero-order valence-corrected chi connectivity index (χ0v) is 10.6. The number of nitriles is 1. The van der Waals surface area contributed by atoms with Gasteiger partial charge in [0.15, 0.2) is 0 Å². The third-order valence-electron chi connectivity index (χ3n) is 3.19. The van der Waals surface area contributed by atoms with Crippen LogP contribution >= 0.6 is 0 Å². The van der Waals surface area contributed by atoms with Gasteiger partial charge in [-0.25, -0.2) is 0 Å². The predicted molar refractivity (Wildman–Crippen MR) is 62.8 cm³/mol. The lowest BCUT2D eigenvalue weighted by Crippen LogP contribution is -2.48. The highest BCUT2D eigenvalue weighted by molar-refractivity contribution is 5.92. The molecule has 0 spiro atoms. The number of carbonyl (C=O) groups is 2. The van der Waals surface area contributed by atoms with Gasteiger partial charge in [0, 0.05) is 13.1 Å². The number of hydrogen-bond donors (Lipinski definition) is 1. The molecule has 1 aliphatic rings. The zero-order valence-electron chi connectivity index (χ0n) is 10.6. The van der Waals surface area contributed by atoms with E-state index >= 15 is 0 Å². The number of hydrogen-bond acceptors (Lipinski definition) is 3. The van der Waals surface area contributed by atoms with E-state index in [9.17, 15) is 9.59 Å². The van der Waals surface area contributed by atoms with Crippen LogP contribution in [0.25, 0.3) is 0 Å². The quantitative estimate of drug-likeness (QED) is 0.763. The highest BCUT2D eigenvalue weighted by atomic mass is 16.2. The van der Waals surface area contributed by atoms with Gasteiger partial charge in [0.2, 0.25) is 11.8 Å². The van der Waals surface area contributed by atoms with Crippen molar-refractivity contribution in [3.8, 4) is 6.07 Å². The summed E-state index contributed by atoms with van der Waals surface area (Å²) in [5, 5.41) is 11.5. The summed E-state index contributed by atoms with van der Waals surface area (Å²) >= 11 is 0. The Kier molecular flexibility index (Phi) is 4.11. The van der Waals surface area contributed by atoms with Gasteiger partial charge in [0.05, 0.1) is 6.07 Å². The fourth-order valence-corrected chi connectivity index (χ4v) is 1.72. The molecule has 5 heteroatoms. The second-order valence-electron chi connectivity index (χ2n) is 4.40. The van der Waals surface area contributed by atoms with Crippen LogP contribution in [0.1, 0.15) is 33.6 Å². The van der Waals surface area contributed by atoms with Crippen molar-refractivity contribution >= 4 is 11.8 Å². The first kappa shape index (κ1) is 13.5. The van der Waals surface area contributed by atoms with Crippen molar-refractivity contribution in [2.45, 2.75) is 39.7 Å². The fraction of sp³-hybridized carbons (Fsp3) is 0.750. The van der Waals surface area contributed by atoms with Crippen LogP contribution in [0.3, 0.4) is 0 Å². The number of amides is 2. The average molecular weight is 237 g/mol. The topological polar surface area (TPSA) is 73.2 Å². The van der Waals surface area contributed by atoms with E-state index in [1.165, 1.54) is 0 Å². The first-order valence-corrected chi connectivity index (χ1v) is 6.01. The van der Waals surface area contributed by atoms with Crippen molar-refractivity contribution in [3.63, 3.8) is 0 Å². The first-order chi connectivity index (χ1) is 8.00. The van der Waals surface area contributed by atoms with Gasteiger partial charge in [0.25, 0.3) is 0 Å². The smallest absolute Gasteiger partial charge is 0.244 e. The lowest BCUT2D eigenvalue weighted by molar-refractivity contribution is -0.136. The van der Waals surface area contributed by atoms with E-state index in [0.29, 0.717) is 25.9 Å². The molecule has 1 unspecified atom stereocenters. The van der Waals surface area contributed by atoms with Crippen molar-refractivity contribution in [3.05, 3.63) is 0 Å². The van der Waals surface area contributed by atoms with Gasteiger partial charge in [-0.05, 0) is 33.6 Å². The second-order valence-corrected chi connectivity index (χ2v) is 4.40. The summed E-state index contributed by atoms with van der Waals surface area (Å²) in [6.07, 6.45) is 1.20. The summed E-state index contributed by atoms with van der Waals surface area (Å²) in [6, 6.07) is 1.45. The van der Waals surface area contributed by atoms with E-state index in [4.69, 9.17) is 5.26 Å². The second kappa shape index (κ2) is 5.17. The van der Waals surface area contributed by atoms with E-state index < -0.39 is 11.5 Å². The maximum absolute atomic E-state index is 11.9. The number of likely N-dealkylation sites (N-methyl/N-ethyl adjacent to an activating group) is 1. The zero-order chi connectivity index (χ0) is 13.1. The molecule has 0 aliphatic heterocycles. The molecule has 94 valence electrons. The van der Waals surface area contributed by atoms with Crippen molar-refractivity contribution in [2.24, 2.45) is 5.41 Å². The van der Waals surface area contributed by atoms with Crippen LogP contribution in [0.4, 0.5) is 0 Å². The van der Waals surface area contributed by atoms with Gasteiger partial charge in [0.1, 0.15) is 11.5 Å². The van der Waals surface area contributed by atoms with E-state index in [2.05, 4.69) is 5.32 Å². The highest BCUT2D eigenvalue weighted by Crippen LogP contribution is 2.45. The molecule has 1 aliphatic carbocycles. The summed E-state index contributed by atoms with van der Waals surface area (Å²) in [7, 11) is 0. The maximum atomic E-state index is 11.9. The molecule has 0 radical (unpaired) electrons. The maximum Gasteiger partial charge on any atom is 0.244 e. The molecule has 1 fully saturated rings. The van der Waals surface area contributed by atoms with Gasteiger partial charge in [-0.1, -0.05) is 0 Å². The van der Waals surface area contributed by atoms with Crippen LogP contribution in [0.5, 0.6) is 0 Å². The standard InChI is InChI=1S/C12H19N3O2/c1-4-15(5-2)10(16)9(3)14-11(17)12(8-13)6-7-12/h9H,4-7H2,1-3H3,(H,14,17). The molecule has 0 aromatic heterocycles. The van der Waals surface area contributed by atoms with Gasteiger partial charge >= 0.3 is 0 Å². The van der Waals surface area contributed by atoms with Gasteiger partial charge < -0.3 is 10.2 Å². The molecular formula is C12H19N3O2. The molecule has 2 amide bonds. The minimum atomic E-state index is -0.863. The molecule has 0 bridgehead atoms. The van der Waals surface area contributed by atoms with Crippen LogP contribution in [0, 0.1) is 16.7 Å². The molecule has 5 nitrogen and oxygen atoms in total. The molecule has 1 saturated carbocycles. The Labute approximate surface area is 102 Å².